The van der Waals surface area contributed by atoms with Crippen LogP contribution in [0, 0.1) is 0 Å². The second kappa shape index (κ2) is 5.14. The quantitative estimate of drug-likeness (QED) is 0.709. The summed E-state index contributed by atoms with van der Waals surface area (Å²) < 4.78 is 5.00. The third kappa shape index (κ3) is 3.87. The molecule has 1 saturated carbocycles. The van der Waals surface area contributed by atoms with Gasteiger partial charge in [0.05, 0.1) is 5.60 Å². The Bertz CT molecular complexity index is 328. The molecule has 0 saturated heterocycles. The highest BCUT2D eigenvalue weighted by atomic mass is 16.6. The number of rotatable bonds is 3. The van der Waals surface area contributed by atoms with E-state index in [0.717, 1.165) is 12.8 Å². The number of carbonyl (C=O) groups excluding carboxylic acids is 1. The molecule has 0 radical (unpaired) electrons. The number of carboxylic acid groups (broad SMARTS) is 1. The van der Waals surface area contributed by atoms with Crippen LogP contribution in [-0.2, 0) is 9.53 Å². The third-order valence-electron chi connectivity index (χ3n) is 2.91. The molecule has 0 bridgehead atoms. The van der Waals surface area contributed by atoms with Crippen LogP contribution >= 0.6 is 0 Å². The van der Waals surface area contributed by atoms with Gasteiger partial charge in [-0.25, -0.2) is 9.59 Å². The van der Waals surface area contributed by atoms with Crippen LogP contribution in [0.25, 0.3) is 0 Å². The van der Waals surface area contributed by atoms with Gasteiger partial charge in [0.2, 0.25) is 0 Å². The normalized spacial score (nSPS) is 20.2. The van der Waals surface area contributed by atoms with E-state index < -0.39 is 29.3 Å². The number of ether oxygens (including phenoxy) is 1. The van der Waals surface area contributed by atoms with Gasteiger partial charge in [-0.1, -0.05) is 12.8 Å². The summed E-state index contributed by atoms with van der Waals surface area (Å²) in [5.74, 6) is -1.25. The van der Waals surface area contributed by atoms with Crippen molar-refractivity contribution >= 4 is 12.1 Å². The lowest BCUT2D eigenvalue weighted by Crippen LogP contribution is -2.56. The van der Waals surface area contributed by atoms with Crippen LogP contribution < -0.4 is 5.32 Å². The fourth-order valence-electron chi connectivity index (χ4n) is 2.13. The van der Waals surface area contributed by atoms with Crippen molar-refractivity contribution in [3.63, 3.8) is 0 Å². The summed E-state index contributed by atoms with van der Waals surface area (Å²) >= 11 is 0. The molecule has 18 heavy (non-hydrogen) atoms. The molecule has 0 unspecified atom stereocenters. The number of aliphatic carboxylic acids is 1. The molecule has 6 heteroatoms. The Morgan fingerprint density at radius 1 is 1.28 bits per heavy atom. The Balaban J connectivity index is 2.70. The molecule has 1 aliphatic rings. The van der Waals surface area contributed by atoms with Gasteiger partial charge in [-0.05, 0) is 33.6 Å². The maximum absolute atomic E-state index is 11.6. The highest BCUT2D eigenvalue weighted by Crippen LogP contribution is 2.32. The molecule has 1 amide bonds. The molecule has 1 rings (SSSR count). The summed E-state index contributed by atoms with van der Waals surface area (Å²) in [7, 11) is 0. The second-order valence-electron chi connectivity index (χ2n) is 5.73. The Morgan fingerprint density at radius 3 is 2.17 bits per heavy atom. The standard InChI is InChI=1S/C12H21NO5/c1-11(2,3)18-10(16)13-8(9(14)15)12(17)6-4-5-7-12/h8,17H,4-7H2,1-3H3,(H,13,16)(H,14,15)/t8-/m1/s1. The van der Waals surface area contributed by atoms with Gasteiger partial charge in [-0.3, -0.25) is 0 Å². The van der Waals surface area contributed by atoms with E-state index in [1.54, 1.807) is 20.8 Å². The summed E-state index contributed by atoms with van der Waals surface area (Å²) in [5.41, 5.74) is -2.08. The molecule has 0 heterocycles. The minimum atomic E-state index is -1.37. The van der Waals surface area contributed by atoms with E-state index in [2.05, 4.69) is 5.32 Å². The van der Waals surface area contributed by atoms with E-state index in [-0.39, 0.29) is 0 Å². The van der Waals surface area contributed by atoms with E-state index in [0.29, 0.717) is 12.8 Å². The first-order valence-electron chi connectivity index (χ1n) is 6.09. The van der Waals surface area contributed by atoms with Crippen LogP contribution in [0.1, 0.15) is 46.5 Å². The molecular weight excluding hydrogens is 238 g/mol. The van der Waals surface area contributed by atoms with Crippen LogP contribution in [0.3, 0.4) is 0 Å². The Labute approximate surface area is 106 Å². The van der Waals surface area contributed by atoms with Crippen molar-refractivity contribution in [2.24, 2.45) is 0 Å². The maximum atomic E-state index is 11.6. The minimum Gasteiger partial charge on any atom is -0.480 e. The molecule has 1 fully saturated rings. The number of hydrogen-bond donors (Lipinski definition) is 3. The summed E-state index contributed by atoms with van der Waals surface area (Å²) in [6, 6.07) is -1.32. The molecule has 6 nitrogen and oxygen atoms in total. The van der Waals surface area contributed by atoms with Crippen LogP contribution in [0.5, 0.6) is 0 Å². The lowest BCUT2D eigenvalue weighted by Gasteiger charge is -2.30. The highest BCUT2D eigenvalue weighted by Gasteiger charge is 2.45. The fourth-order valence-corrected chi connectivity index (χ4v) is 2.13. The number of nitrogens with one attached hydrogen (secondary N) is 1. The van der Waals surface area contributed by atoms with Crippen molar-refractivity contribution in [3.05, 3.63) is 0 Å². The van der Waals surface area contributed by atoms with Gasteiger partial charge in [0.1, 0.15) is 5.60 Å². The van der Waals surface area contributed by atoms with Crippen molar-refractivity contribution in [1.29, 1.82) is 0 Å². The lowest BCUT2D eigenvalue weighted by atomic mass is 9.92. The molecule has 0 aromatic rings. The van der Waals surface area contributed by atoms with Gasteiger partial charge in [0, 0.05) is 0 Å². The second-order valence-corrected chi connectivity index (χ2v) is 5.73. The molecule has 0 aliphatic heterocycles. The Hall–Kier alpha value is -1.30. The predicted molar refractivity (Wildman–Crippen MR) is 64.2 cm³/mol. The van der Waals surface area contributed by atoms with Crippen molar-refractivity contribution < 1.29 is 24.5 Å². The average molecular weight is 259 g/mol. The van der Waals surface area contributed by atoms with Gasteiger partial charge in [0.25, 0.3) is 0 Å². The number of carbonyl (C=O) groups is 2. The van der Waals surface area contributed by atoms with E-state index in [1.807, 2.05) is 0 Å². The summed E-state index contributed by atoms with van der Waals surface area (Å²) in [5, 5.41) is 21.6. The zero-order valence-corrected chi connectivity index (χ0v) is 11.0. The van der Waals surface area contributed by atoms with Crippen molar-refractivity contribution in [2.45, 2.75) is 63.7 Å². The van der Waals surface area contributed by atoms with Crippen LogP contribution in [0.2, 0.25) is 0 Å². The lowest BCUT2D eigenvalue weighted by molar-refractivity contribution is -0.147. The average Bonchev–Trinajstić information content (AvgIpc) is 2.59. The highest BCUT2D eigenvalue weighted by molar-refractivity contribution is 5.81. The zero-order chi connectivity index (χ0) is 14.0. The maximum Gasteiger partial charge on any atom is 0.408 e. The number of aliphatic hydroxyl groups is 1. The van der Waals surface area contributed by atoms with Crippen LogP contribution in [-0.4, -0.2) is 39.5 Å². The van der Waals surface area contributed by atoms with Gasteiger partial charge in [-0.15, -0.1) is 0 Å². The molecule has 0 spiro atoms. The van der Waals surface area contributed by atoms with E-state index in [1.165, 1.54) is 0 Å². The molecule has 0 aromatic heterocycles. The van der Waals surface area contributed by atoms with Gasteiger partial charge in [-0.2, -0.15) is 0 Å². The number of alkyl carbamates (subject to hydrolysis) is 1. The number of carboxylic acids is 1. The van der Waals surface area contributed by atoms with Crippen molar-refractivity contribution in [2.75, 3.05) is 0 Å². The smallest absolute Gasteiger partial charge is 0.408 e. The first-order valence-corrected chi connectivity index (χ1v) is 6.09. The molecule has 1 aliphatic carbocycles. The first kappa shape index (κ1) is 14.8. The third-order valence-corrected chi connectivity index (χ3v) is 2.91. The zero-order valence-electron chi connectivity index (χ0n) is 11.0. The topological polar surface area (TPSA) is 95.9 Å². The predicted octanol–water partition coefficient (Wildman–Crippen LogP) is 1.27. The van der Waals surface area contributed by atoms with E-state index in [4.69, 9.17) is 9.84 Å². The van der Waals surface area contributed by atoms with Crippen molar-refractivity contribution in [3.8, 4) is 0 Å². The van der Waals surface area contributed by atoms with E-state index >= 15 is 0 Å². The Kier molecular flexibility index (Phi) is 4.21. The fraction of sp³-hybridized carbons (Fsp3) is 0.833. The van der Waals surface area contributed by atoms with Crippen LogP contribution in [0.4, 0.5) is 4.79 Å². The van der Waals surface area contributed by atoms with Gasteiger partial charge < -0.3 is 20.3 Å². The number of hydrogen-bond acceptors (Lipinski definition) is 4. The molecule has 104 valence electrons. The molecular formula is C12H21NO5. The summed E-state index contributed by atoms with van der Waals surface area (Å²) in [4.78, 5) is 22.7. The Morgan fingerprint density at radius 2 is 1.78 bits per heavy atom. The number of amides is 1. The molecule has 3 N–H and O–H groups in total. The first-order chi connectivity index (χ1) is 8.14. The monoisotopic (exact) mass is 259 g/mol. The van der Waals surface area contributed by atoms with Crippen LogP contribution in [0.15, 0.2) is 0 Å². The van der Waals surface area contributed by atoms with E-state index in [9.17, 15) is 14.7 Å². The minimum absolute atomic E-state index is 0.375. The largest absolute Gasteiger partial charge is 0.480 e. The SMILES string of the molecule is CC(C)(C)OC(=O)N[C@H](C(=O)O)C1(O)CCCC1. The van der Waals surface area contributed by atoms with Gasteiger partial charge in [0.15, 0.2) is 6.04 Å². The summed E-state index contributed by atoms with van der Waals surface area (Å²) in [6.45, 7) is 5.06. The molecule has 1 atom stereocenters. The summed E-state index contributed by atoms with van der Waals surface area (Å²) in [6.07, 6.45) is 1.45. The van der Waals surface area contributed by atoms with Crippen molar-refractivity contribution in [1.82, 2.24) is 5.32 Å². The van der Waals surface area contributed by atoms with Gasteiger partial charge >= 0.3 is 12.1 Å². The molecule has 0 aromatic carbocycles.